The fourth-order valence-electron chi connectivity index (χ4n) is 3.05. The number of hydrogen-bond acceptors (Lipinski definition) is 2. The molecule has 2 aliphatic rings. The van der Waals surface area contributed by atoms with Gasteiger partial charge in [-0.05, 0) is 23.3 Å². The molecule has 0 unspecified atom stereocenters. The molecule has 1 atom stereocenters. The Morgan fingerprint density at radius 1 is 1.00 bits per heavy atom. The molecule has 0 bridgehead atoms. The van der Waals surface area contributed by atoms with Crippen LogP contribution in [0, 0.1) is 0 Å². The second-order valence-electron chi connectivity index (χ2n) is 5.11. The van der Waals surface area contributed by atoms with E-state index in [4.69, 9.17) is 0 Å². The molecule has 2 heterocycles. The maximum atomic E-state index is 12.1. The standard InChI is InChI=1S/C16H14N2O/c19-16-13-7-3-4-8-14(13)18-10-12-6-2-1-5-11(12)9-15(18)17-16/h1-8,15H,9-10H2,(H,17,19)/t15-/m1/s1. The summed E-state index contributed by atoms with van der Waals surface area (Å²) in [5, 5.41) is 3.10. The SMILES string of the molecule is O=C1N[C@H]2Cc3ccccc3CN2c2ccccc21. The van der Waals surface area contributed by atoms with Crippen molar-refractivity contribution in [1.29, 1.82) is 0 Å². The van der Waals surface area contributed by atoms with Crippen LogP contribution in [0.4, 0.5) is 5.69 Å². The largest absolute Gasteiger partial charge is 0.346 e. The van der Waals surface area contributed by atoms with Crippen molar-refractivity contribution in [3.8, 4) is 0 Å². The number of nitrogens with zero attached hydrogens (tertiary/aromatic N) is 1. The Bertz CT molecular complexity index is 665. The van der Waals surface area contributed by atoms with Crippen LogP contribution < -0.4 is 10.2 Å². The molecule has 0 aliphatic carbocycles. The maximum Gasteiger partial charge on any atom is 0.254 e. The van der Waals surface area contributed by atoms with Gasteiger partial charge >= 0.3 is 0 Å². The zero-order valence-corrected chi connectivity index (χ0v) is 10.5. The zero-order valence-electron chi connectivity index (χ0n) is 10.5. The highest BCUT2D eigenvalue weighted by Crippen LogP contribution is 2.32. The monoisotopic (exact) mass is 250 g/mol. The molecule has 2 aromatic carbocycles. The summed E-state index contributed by atoms with van der Waals surface area (Å²) in [5.41, 5.74) is 4.51. The van der Waals surface area contributed by atoms with Gasteiger partial charge in [0.25, 0.3) is 5.91 Å². The topological polar surface area (TPSA) is 32.3 Å². The predicted octanol–water partition coefficient (Wildman–Crippen LogP) is 2.32. The predicted molar refractivity (Wildman–Crippen MR) is 74.0 cm³/mol. The van der Waals surface area contributed by atoms with Crippen molar-refractivity contribution in [3.63, 3.8) is 0 Å². The summed E-state index contributed by atoms with van der Waals surface area (Å²) in [6.07, 6.45) is 0.952. The Hall–Kier alpha value is -2.29. The van der Waals surface area contributed by atoms with Crippen molar-refractivity contribution in [2.24, 2.45) is 0 Å². The molecule has 3 heteroatoms. The molecular weight excluding hydrogens is 236 g/mol. The molecule has 0 spiro atoms. The summed E-state index contributed by atoms with van der Waals surface area (Å²) in [6, 6.07) is 16.3. The number of para-hydroxylation sites is 1. The molecule has 0 aromatic heterocycles. The Balaban J connectivity index is 1.83. The van der Waals surface area contributed by atoms with Crippen molar-refractivity contribution in [2.75, 3.05) is 4.90 Å². The summed E-state index contributed by atoms with van der Waals surface area (Å²) < 4.78 is 0. The average Bonchev–Trinajstić information content (AvgIpc) is 2.46. The summed E-state index contributed by atoms with van der Waals surface area (Å²) in [5.74, 6) is 0.0382. The van der Waals surface area contributed by atoms with Gasteiger partial charge in [-0.2, -0.15) is 0 Å². The number of hydrogen-bond donors (Lipinski definition) is 1. The van der Waals surface area contributed by atoms with Crippen LogP contribution in [-0.4, -0.2) is 12.1 Å². The molecule has 1 amide bonds. The number of nitrogens with one attached hydrogen (secondary N) is 1. The van der Waals surface area contributed by atoms with Gasteiger partial charge in [-0.15, -0.1) is 0 Å². The number of rotatable bonds is 0. The molecule has 2 aromatic rings. The van der Waals surface area contributed by atoms with Gasteiger partial charge in [0, 0.05) is 13.0 Å². The highest BCUT2D eigenvalue weighted by molar-refractivity contribution is 6.02. The summed E-state index contributed by atoms with van der Waals surface area (Å²) in [7, 11) is 0. The Morgan fingerprint density at radius 3 is 2.63 bits per heavy atom. The normalized spacial score (nSPS) is 20.1. The third kappa shape index (κ3) is 1.55. The highest BCUT2D eigenvalue weighted by atomic mass is 16.2. The lowest BCUT2D eigenvalue weighted by molar-refractivity contribution is 0.0924. The first kappa shape index (κ1) is 10.6. The fraction of sp³-hybridized carbons (Fsp3) is 0.188. The molecule has 0 saturated carbocycles. The van der Waals surface area contributed by atoms with E-state index in [0.717, 1.165) is 24.2 Å². The van der Waals surface area contributed by atoms with E-state index in [1.807, 2.05) is 24.3 Å². The van der Waals surface area contributed by atoms with Gasteiger partial charge in [-0.3, -0.25) is 4.79 Å². The first-order valence-corrected chi connectivity index (χ1v) is 6.56. The van der Waals surface area contributed by atoms with Crippen molar-refractivity contribution in [3.05, 3.63) is 65.2 Å². The van der Waals surface area contributed by atoms with Gasteiger partial charge in [-0.25, -0.2) is 0 Å². The van der Waals surface area contributed by atoms with Gasteiger partial charge in [0.05, 0.1) is 11.3 Å². The van der Waals surface area contributed by atoms with E-state index in [1.54, 1.807) is 0 Å². The van der Waals surface area contributed by atoms with Crippen LogP contribution in [0.25, 0.3) is 0 Å². The first-order valence-electron chi connectivity index (χ1n) is 6.56. The van der Waals surface area contributed by atoms with E-state index >= 15 is 0 Å². The fourth-order valence-corrected chi connectivity index (χ4v) is 3.05. The van der Waals surface area contributed by atoms with E-state index in [1.165, 1.54) is 11.1 Å². The average molecular weight is 250 g/mol. The molecule has 0 radical (unpaired) electrons. The van der Waals surface area contributed by atoms with Crippen molar-refractivity contribution in [1.82, 2.24) is 5.32 Å². The molecule has 1 N–H and O–H groups in total. The number of fused-ring (bicyclic) bond motifs is 4. The summed E-state index contributed by atoms with van der Waals surface area (Å²) in [4.78, 5) is 14.4. The van der Waals surface area contributed by atoms with Gasteiger partial charge in [0.15, 0.2) is 0 Å². The van der Waals surface area contributed by atoms with Gasteiger partial charge in [0.1, 0.15) is 6.17 Å². The van der Waals surface area contributed by atoms with E-state index < -0.39 is 0 Å². The van der Waals surface area contributed by atoms with Crippen molar-refractivity contribution in [2.45, 2.75) is 19.1 Å². The third-order valence-electron chi connectivity index (χ3n) is 4.00. The van der Waals surface area contributed by atoms with E-state index in [0.29, 0.717) is 0 Å². The van der Waals surface area contributed by atoms with Crippen LogP contribution in [0.3, 0.4) is 0 Å². The minimum atomic E-state index is 0.0382. The lowest BCUT2D eigenvalue weighted by Gasteiger charge is -2.42. The van der Waals surface area contributed by atoms with E-state index in [-0.39, 0.29) is 12.1 Å². The maximum absolute atomic E-state index is 12.1. The second-order valence-corrected chi connectivity index (χ2v) is 5.11. The molecule has 0 saturated heterocycles. The summed E-state index contributed by atoms with van der Waals surface area (Å²) >= 11 is 0. The first-order chi connectivity index (χ1) is 9.33. The van der Waals surface area contributed by atoms with E-state index in [2.05, 4.69) is 34.5 Å². The zero-order chi connectivity index (χ0) is 12.8. The Kier molecular flexibility index (Phi) is 2.15. The van der Waals surface area contributed by atoms with Gasteiger partial charge in [-0.1, -0.05) is 36.4 Å². The smallest absolute Gasteiger partial charge is 0.254 e. The van der Waals surface area contributed by atoms with Gasteiger partial charge in [0.2, 0.25) is 0 Å². The number of benzene rings is 2. The van der Waals surface area contributed by atoms with Crippen LogP contribution in [0.5, 0.6) is 0 Å². The molecule has 0 fully saturated rings. The minimum Gasteiger partial charge on any atom is -0.346 e. The van der Waals surface area contributed by atoms with Crippen LogP contribution in [-0.2, 0) is 13.0 Å². The molecule has 3 nitrogen and oxygen atoms in total. The minimum absolute atomic E-state index is 0.0382. The van der Waals surface area contributed by atoms with Crippen LogP contribution >= 0.6 is 0 Å². The number of carbonyl (C=O) groups is 1. The van der Waals surface area contributed by atoms with Crippen LogP contribution in [0.15, 0.2) is 48.5 Å². The van der Waals surface area contributed by atoms with Gasteiger partial charge < -0.3 is 10.2 Å². The molecule has 4 rings (SSSR count). The number of carbonyl (C=O) groups excluding carboxylic acids is 1. The van der Waals surface area contributed by atoms with Crippen LogP contribution in [0.1, 0.15) is 21.5 Å². The third-order valence-corrected chi connectivity index (χ3v) is 4.00. The summed E-state index contributed by atoms with van der Waals surface area (Å²) in [6.45, 7) is 0.859. The molecular formula is C16H14N2O. The van der Waals surface area contributed by atoms with Crippen molar-refractivity contribution >= 4 is 11.6 Å². The van der Waals surface area contributed by atoms with Crippen LogP contribution in [0.2, 0.25) is 0 Å². The molecule has 2 aliphatic heterocycles. The van der Waals surface area contributed by atoms with E-state index in [9.17, 15) is 4.79 Å². The quantitative estimate of drug-likeness (QED) is 0.778. The van der Waals surface area contributed by atoms with Crippen molar-refractivity contribution < 1.29 is 4.79 Å². The second kappa shape index (κ2) is 3.85. The molecule has 19 heavy (non-hydrogen) atoms. The number of amides is 1. The lowest BCUT2D eigenvalue weighted by Crippen LogP contribution is -2.55. The lowest BCUT2D eigenvalue weighted by atomic mass is 9.94. The Labute approximate surface area is 111 Å². The number of anilines is 1. The highest BCUT2D eigenvalue weighted by Gasteiger charge is 2.33. The molecule has 94 valence electrons. The Morgan fingerprint density at radius 2 is 1.74 bits per heavy atom.